The van der Waals surface area contributed by atoms with Crippen LogP contribution in [0.3, 0.4) is 0 Å². The van der Waals surface area contributed by atoms with Crippen LogP contribution in [0.25, 0.3) is 0 Å². The van der Waals surface area contributed by atoms with Crippen molar-refractivity contribution in [1.82, 2.24) is 10.2 Å². The van der Waals surface area contributed by atoms with Gasteiger partial charge in [-0.15, -0.1) is 0 Å². The van der Waals surface area contributed by atoms with Gasteiger partial charge in [0.05, 0.1) is 11.0 Å². The van der Waals surface area contributed by atoms with E-state index in [0.29, 0.717) is 12.1 Å². The molecule has 32 heavy (non-hydrogen) atoms. The third-order valence-electron chi connectivity index (χ3n) is 6.64. The molecule has 2 amide bonds. The van der Waals surface area contributed by atoms with E-state index in [1.807, 2.05) is 42.2 Å². The van der Waals surface area contributed by atoms with Crippen LogP contribution in [0.4, 0.5) is 11.4 Å². The number of nitrogens with zero attached hydrogens (tertiary/aromatic N) is 3. The van der Waals surface area contributed by atoms with Gasteiger partial charge in [0.15, 0.2) is 10.5 Å². The Morgan fingerprint density at radius 1 is 1.19 bits per heavy atom. The second kappa shape index (κ2) is 7.37. The molecular weight excluding hydrogens is 428 g/mol. The molecule has 0 radical (unpaired) electrons. The summed E-state index contributed by atoms with van der Waals surface area (Å²) in [4.78, 5) is 42.3. The molecule has 1 aliphatic carbocycles. The molecule has 1 saturated heterocycles. The number of hydrogen-bond donors (Lipinski definition) is 1. The Morgan fingerprint density at radius 3 is 2.53 bits per heavy atom. The fraction of sp³-hybridized carbons (Fsp3) is 0.348. The summed E-state index contributed by atoms with van der Waals surface area (Å²) in [7, 11) is 0. The highest BCUT2D eigenvalue weighted by molar-refractivity contribution is 7.80. The maximum atomic E-state index is 14.1. The zero-order valence-corrected chi connectivity index (χ0v) is 18.3. The zero-order chi connectivity index (χ0) is 22.6. The molecule has 3 aliphatic rings. The highest BCUT2D eigenvalue weighted by Crippen LogP contribution is 2.53. The number of fused-ring (bicyclic) bond motifs is 1. The van der Waals surface area contributed by atoms with Crippen LogP contribution in [0.15, 0.2) is 48.5 Å². The number of hydrogen-bond acceptors (Lipinski definition) is 6. The third kappa shape index (κ3) is 2.91. The number of amides is 2. The Kier molecular flexibility index (Phi) is 4.74. The van der Waals surface area contributed by atoms with Gasteiger partial charge in [-0.1, -0.05) is 30.3 Å². The van der Waals surface area contributed by atoms with E-state index in [1.165, 1.54) is 12.1 Å². The van der Waals surface area contributed by atoms with Crippen molar-refractivity contribution in [3.05, 3.63) is 69.8 Å². The van der Waals surface area contributed by atoms with Crippen LogP contribution >= 0.6 is 12.2 Å². The van der Waals surface area contributed by atoms with Crippen molar-refractivity contribution < 1.29 is 14.5 Å². The minimum Gasteiger partial charge on any atom is -0.363 e. The van der Waals surface area contributed by atoms with Crippen molar-refractivity contribution >= 4 is 40.5 Å². The van der Waals surface area contributed by atoms with Crippen molar-refractivity contribution in [2.24, 2.45) is 5.41 Å². The van der Waals surface area contributed by atoms with Gasteiger partial charge in [0.1, 0.15) is 0 Å². The standard InChI is InChI=1S/C23H22N4O4S/c1-2-25-18-11-10-17(27(30)31)12-15(18)13-23(19(25)14-6-4-3-5-7-14)20(28)24-22(32)26(21(23)29)16-8-9-16/h3-7,10-12,16,19H,2,8-9,13H2,1H3,(H,24,28,32)/t19-,23-/m1/s1. The van der Waals surface area contributed by atoms with E-state index in [-0.39, 0.29) is 29.2 Å². The lowest BCUT2D eigenvalue weighted by molar-refractivity contribution is -0.384. The quantitative estimate of drug-likeness (QED) is 0.333. The SMILES string of the molecule is CCN1c2ccc([N+](=O)[O-])cc2C[C@]2(C(=O)NC(=S)N(C3CC3)C2=O)[C@H]1c1ccccc1. The highest BCUT2D eigenvalue weighted by Gasteiger charge is 2.63. The molecule has 1 N–H and O–H groups in total. The Hall–Kier alpha value is -3.33. The molecule has 8 nitrogen and oxygen atoms in total. The first-order valence-electron chi connectivity index (χ1n) is 10.7. The average molecular weight is 451 g/mol. The molecule has 1 spiro atoms. The predicted octanol–water partition coefficient (Wildman–Crippen LogP) is 3.11. The summed E-state index contributed by atoms with van der Waals surface area (Å²) in [6.45, 7) is 2.47. The van der Waals surface area contributed by atoms with Gasteiger partial charge < -0.3 is 10.2 Å². The fourth-order valence-electron chi connectivity index (χ4n) is 5.10. The summed E-state index contributed by atoms with van der Waals surface area (Å²) in [6, 6.07) is 13.6. The number of nitro benzene ring substituents is 1. The van der Waals surface area contributed by atoms with Gasteiger partial charge in [-0.25, -0.2) is 0 Å². The summed E-state index contributed by atoms with van der Waals surface area (Å²) < 4.78 is 0. The van der Waals surface area contributed by atoms with Crippen LogP contribution in [0.1, 0.15) is 36.9 Å². The molecule has 2 aromatic carbocycles. The lowest BCUT2D eigenvalue weighted by Gasteiger charge is -2.52. The van der Waals surface area contributed by atoms with Crippen LogP contribution in [0.5, 0.6) is 0 Å². The minimum atomic E-state index is -1.48. The lowest BCUT2D eigenvalue weighted by atomic mass is 9.66. The Labute approximate surface area is 190 Å². The first-order valence-corrected chi connectivity index (χ1v) is 11.1. The second-order valence-electron chi connectivity index (χ2n) is 8.48. The first kappa shape index (κ1) is 20.6. The van der Waals surface area contributed by atoms with Gasteiger partial charge in [-0.05, 0) is 49.2 Å². The van der Waals surface area contributed by atoms with Gasteiger partial charge in [0.2, 0.25) is 11.8 Å². The van der Waals surface area contributed by atoms with Gasteiger partial charge in [0, 0.05) is 36.8 Å². The van der Waals surface area contributed by atoms with Crippen molar-refractivity contribution in [1.29, 1.82) is 0 Å². The van der Waals surface area contributed by atoms with Gasteiger partial charge >= 0.3 is 0 Å². The van der Waals surface area contributed by atoms with Crippen LogP contribution < -0.4 is 10.2 Å². The van der Waals surface area contributed by atoms with Gasteiger partial charge in [0.25, 0.3) is 5.69 Å². The molecule has 0 bridgehead atoms. The normalized spacial score (nSPS) is 25.0. The van der Waals surface area contributed by atoms with E-state index in [2.05, 4.69) is 5.32 Å². The molecule has 2 heterocycles. The molecule has 2 atom stereocenters. The number of benzene rings is 2. The number of carbonyl (C=O) groups is 2. The Morgan fingerprint density at radius 2 is 1.91 bits per heavy atom. The number of thiocarbonyl (C=S) groups is 1. The van der Waals surface area contributed by atoms with E-state index < -0.39 is 22.3 Å². The number of carbonyl (C=O) groups excluding carboxylic acids is 2. The molecular formula is C23H22N4O4S. The fourth-order valence-corrected chi connectivity index (χ4v) is 5.42. The predicted molar refractivity (Wildman–Crippen MR) is 122 cm³/mol. The van der Waals surface area contributed by atoms with E-state index in [1.54, 1.807) is 11.0 Å². The third-order valence-corrected chi connectivity index (χ3v) is 6.94. The number of rotatable bonds is 4. The molecule has 2 fully saturated rings. The van der Waals surface area contributed by atoms with Crippen LogP contribution in [0, 0.1) is 15.5 Å². The molecule has 2 aromatic rings. The molecule has 0 aromatic heterocycles. The first-order chi connectivity index (χ1) is 15.4. The largest absolute Gasteiger partial charge is 0.363 e. The highest BCUT2D eigenvalue weighted by atomic mass is 32.1. The van der Waals surface area contributed by atoms with Crippen molar-refractivity contribution in [2.45, 2.75) is 38.3 Å². The zero-order valence-electron chi connectivity index (χ0n) is 17.5. The van der Waals surface area contributed by atoms with Crippen LogP contribution in [0.2, 0.25) is 0 Å². The molecule has 5 rings (SSSR count). The summed E-state index contributed by atoms with van der Waals surface area (Å²) in [6.07, 6.45) is 1.75. The smallest absolute Gasteiger partial charge is 0.269 e. The van der Waals surface area contributed by atoms with E-state index >= 15 is 0 Å². The molecule has 164 valence electrons. The number of anilines is 1. The molecule has 1 saturated carbocycles. The maximum absolute atomic E-state index is 14.1. The Bertz CT molecular complexity index is 1150. The lowest BCUT2D eigenvalue weighted by Crippen LogP contribution is -2.69. The van der Waals surface area contributed by atoms with E-state index in [0.717, 1.165) is 24.1 Å². The molecule has 2 aliphatic heterocycles. The van der Waals surface area contributed by atoms with E-state index in [9.17, 15) is 19.7 Å². The Balaban J connectivity index is 1.75. The minimum absolute atomic E-state index is 0.00881. The average Bonchev–Trinajstić information content (AvgIpc) is 3.61. The van der Waals surface area contributed by atoms with E-state index in [4.69, 9.17) is 12.2 Å². The second-order valence-corrected chi connectivity index (χ2v) is 8.87. The monoisotopic (exact) mass is 450 g/mol. The van der Waals surface area contributed by atoms with Crippen LogP contribution in [-0.4, -0.2) is 39.3 Å². The molecule has 9 heteroatoms. The topological polar surface area (TPSA) is 95.8 Å². The van der Waals surface area contributed by atoms with Crippen molar-refractivity contribution in [2.75, 3.05) is 11.4 Å². The summed E-state index contributed by atoms with van der Waals surface area (Å²) in [5, 5.41) is 14.4. The summed E-state index contributed by atoms with van der Waals surface area (Å²) in [5.74, 6) is -0.771. The van der Waals surface area contributed by atoms with Crippen LogP contribution in [-0.2, 0) is 16.0 Å². The number of non-ortho nitro benzene ring substituents is 1. The number of nitro groups is 1. The van der Waals surface area contributed by atoms with Crippen molar-refractivity contribution in [3.63, 3.8) is 0 Å². The summed E-state index contributed by atoms with van der Waals surface area (Å²) in [5.41, 5.74) is 0.700. The van der Waals surface area contributed by atoms with Gasteiger partial charge in [-0.2, -0.15) is 0 Å². The number of nitrogens with one attached hydrogen (secondary N) is 1. The maximum Gasteiger partial charge on any atom is 0.269 e. The summed E-state index contributed by atoms with van der Waals surface area (Å²) >= 11 is 5.37. The van der Waals surface area contributed by atoms with Crippen molar-refractivity contribution in [3.8, 4) is 0 Å². The van der Waals surface area contributed by atoms with Gasteiger partial charge in [-0.3, -0.25) is 24.6 Å². The molecule has 0 unspecified atom stereocenters.